The minimum Gasteiger partial charge on any atom is -0.446 e. The molecule has 2 amide bonds. The molecule has 6 heteroatoms. The molecule has 0 saturated carbocycles. The van der Waals surface area contributed by atoms with E-state index >= 15 is 0 Å². The van der Waals surface area contributed by atoms with Crippen molar-refractivity contribution >= 4 is 23.1 Å². The highest BCUT2D eigenvalue weighted by atomic mass is 35.5. The highest BCUT2D eigenvalue weighted by molar-refractivity contribution is 6.62. The molecule has 0 aromatic heterocycles. The third-order valence-corrected chi connectivity index (χ3v) is 3.58. The molecule has 1 saturated heterocycles. The maximum absolute atomic E-state index is 12.1. The fourth-order valence-corrected chi connectivity index (χ4v) is 2.47. The summed E-state index contributed by atoms with van der Waals surface area (Å²) in [6, 6.07) is 0. The van der Waals surface area contributed by atoms with Crippen LogP contribution in [0.25, 0.3) is 0 Å². The number of hydrogen-bond acceptors (Lipinski definition) is 3. The van der Waals surface area contributed by atoms with Gasteiger partial charge in [0.1, 0.15) is 6.10 Å². The van der Waals surface area contributed by atoms with Crippen molar-refractivity contribution in [3.05, 3.63) is 0 Å². The number of piperazine rings is 1. The molecular weight excluding hydrogens is 268 g/mol. The van der Waals surface area contributed by atoms with Crippen molar-refractivity contribution in [2.75, 3.05) is 26.2 Å². The monoisotopic (exact) mass is 290 g/mol. The van der Waals surface area contributed by atoms with Crippen molar-refractivity contribution in [3.63, 3.8) is 0 Å². The first-order valence-corrected chi connectivity index (χ1v) is 7.10. The zero-order valence-electron chi connectivity index (χ0n) is 12.1. The van der Waals surface area contributed by atoms with Crippen molar-refractivity contribution in [1.82, 2.24) is 9.80 Å². The van der Waals surface area contributed by atoms with Gasteiger partial charge in [-0.1, -0.05) is 27.7 Å². The molecule has 0 N–H and O–H groups in total. The Labute approximate surface area is 119 Å². The van der Waals surface area contributed by atoms with E-state index in [9.17, 15) is 9.59 Å². The number of amides is 2. The smallest absolute Gasteiger partial charge is 0.410 e. The quantitative estimate of drug-likeness (QED) is 0.593. The third kappa shape index (κ3) is 4.56. The molecule has 0 atom stereocenters. The van der Waals surface area contributed by atoms with E-state index < -0.39 is 5.37 Å². The van der Waals surface area contributed by atoms with E-state index in [-0.39, 0.29) is 24.0 Å². The van der Waals surface area contributed by atoms with Crippen LogP contribution in [0.3, 0.4) is 0 Å². The molecule has 110 valence electrons. The molecule has 5 nitrogen and oxygen atoms in total. The average molecular weight is 291 g/mol. The summed E-state index contributed by atoms with van der Waals surface area (Å²) in [5, 5.41) is -0.463. The van der Waals surface area contributed by atoms with E-state index in [1.54, 1.807) is 4.90 Å². The number of ether oxygens (including phenoxy) is 1. The van der Waals surface area contributed by atoms with E-state index in [4.69, 9.17) is 16.3 Å². The van der Waals surface area contributed by atoms with Gasteiger partial charge in [-0.2, -0.15) is 0 Å². The first-order chi connectivity index (χ1) is 8.82. The molecule has 0 spiro atoms. The topological polar surface area (TPSA) is 49.9 Å². The van der Waals surface area contributed by atoms with Crippen molar-refractivity contribution < 1.29 is 14.3 Å². The van der Waals surface area contributed by atoms with E-state index in [0.717, 1.165) is 0 Å². The maximum Gasteiger partial charge on any atom is 0.410 e. The third-order valence-electron chi connectivity index (χ3n) is 3.34. The van der Waals surface area contributed by atoms with Crippen LogP contribution in [0.2, 0.25) is 0 Å². The Hall–Kier alpha value is -0.970. The first kappa shape index (κ1) is 16.1. The molecule has 1 aliphatic heterocycles. The van der Waals surface area contributed by atoms with Crippen LogP contribution in [0.1, 0.15) is 27.7 Å². The van der Waals surface area contributed by atoms with Crippen LogP contribution in [0, 0.1) is 11.8 Å². The minimum atomic E-state index is -0.463. The summed E-state index contributed by atoms with van der Waals surface area (Å²) < 4.78 is 5.56. The number of hydrogen-bond donors (Lipinski definition) is 0. The predicted octanol–water partition coefficient (Wildman–Crippen LogP) is 2.78. The molecule has 1 rings (SSSR count). The zero-order chi connectivity index (χ0) is 14.6. The van der Waals surface area contributed by atoms with Crippen molar-refractivity contribution in [2.45, 2.75) is 33.8 Å². The number of rotatable bonds is 3. The largest absolute Gasteiger partial charge is 0.446 e. The highest BCUT2D eigenvalue weighted by Gasteiger charge is 2.28. The zero-order valence-corrected chi connectivity index (χ0v) is 12.8. The van der Waals surface area contributed by atoms with Crippen LogP contribution in [-0.2, 0) is 4.74 Å². The molecule has 0 aliphatic carbocycles. The minimum absolute atomic E-state index is 0.0832. The van der Waals surface area contributed by atoms with Gasteiger partial charge in [-0.15, -0.1) is 0 Å². The van der Waals surface area contributed by atoms with E-state index in [2.05, 4.69) is 0 Å². The molecule has 0 bridgehead atoms. The molecule has 1 aliphatic rings. The lowest BCUT2D eigenvalue weighted by atomic mass is 9.96. The normalized spacial score (nSPS) is 16.4. The SMILES string of the molecule is CC(C)C(OC(=O)N1CCN(C(=O)Cl)CC1)C(C)C. The van der Waals surface area contributed by atoms with Gasteiger partial charge in [0.15, 0.2) is 0 Å². The van der Waals surface area contributed by atoms with Crippen LogP contribution in [0.5, 0.6) is 0 Å². The number of carbonyl (C=O) groups excluding carboxylic acids is 2. The summed E-state index contributed by atoms with van der Waals surface area (Å²) in [6.45, 7) is 10.0. The standard InChI is InChI=1S/C13H23ClN2O3/c1-9(2)11(10(3)4)19-13(18)16-7-5-15(6-8-16)12(14)17/h9-11H,5-8H2,1-4H3. The van der Waals surface area contributed by atoms with Crippen LogP contribution >= 0.6 is 11.6 Å². The Morgan fingerprint density at radius 2 is 1.37 bits per heavy atom. The Kier molecular flexibility index (Phi) is 5.91. The Morgan fingerprint density at radius 3 is 1.74 bits per heavy atom. The van der Waals surface area contributed by atoms with Gasteiger partial charge in [-0.25, -0.2) is 4.79 Å². The van der Waals surface area contributed by atoms with Gasteiger partial charge in [-0.05, 0) is 23.4 Å². The second-order valence-electron chi connectivity index (χ2n) is 5.56. The molecule has 0 aromatic rings. The van der Waals surface area contributed by atoms with E-state index in [1.807, 2.05) is 27.7 Å². The summed E-state index contributed by atoms with van der Waals surface area (Å²) in [4.78, 5) is 26.2. The van der Waals surface area contributed by atoms with Gasteiger partial charge in [0.25, 0.3) is 0 Å². The highest BCUT2D eigenvalue weighted by Crippen LogP contribution is 2.18. The van der Waals surface area contributed by atoms with E-state index in [0.29, 0.717) is 26.2 Å². The van der Waals surface area contributed by atoms with Crippen molar-refractivity contribution in [1.29, 1.82) is 0 Å². The Balaban J connectivity index is 2.49. The summed E-state index contributed by atoms with van der Waals surface area (Å²) >= 11 is 5.40. The predicted molar refractivity (Wildman–Crippen MR) is 74.3 cm³/mol. The first-order valence-electron chi connectivity index (χ1n) is 6.73. The number of nitrogens with zero attached hydrogens (tertiary/aromatic N) is 2. The molecule has 0 radical (unpaired) electrons. The molecule has 0 unspecified atom stereocenters. The lowest BCUT2D eigenvalue weighted by Crippen LogP contribution is -2.50. The summed E-state index contributed by atoms with van der Waals surface area (Å²) in [5.74, 6) is 0.573. The van der Waals surface area contributed by atoms with Crippen LogP contribution < -0.4 is 0 Å². The Bertz CT molecular complexity index is 318. The van der Waals surface area contributed by atoms with Crippen molar-refractivity contribution in [2.24, 2.45) is 11.8 Å². The molecule has 1 fully saturated rings. The molecule has 0 aromatic carbocycles. The maximum atomic E-state index is 12.1. The fraction of sp³-hybridized carbons (Fsp3) is 0.846. The number of carbonyl (C=O) groups is 2. The number of halogens is 1. The van der Waals surface area contributed by atoms with Gasteiger partial charge in [0, 0.05) is 26.2 Å². The van der Waals surface area contributed by atoms with Gasteiger partial charge >= 0.3 is 11.5 Å². The lowest BCUT2D eigenvalue weighted by molar-refractivity contribution is 0.0123. The lowest BCUT2D eigenvalue weighted by Gasteiger charge is -2.35. The van der Waals surface area contributed by atoms with E-state index in [1.165, 1.54) is 4.90 Å². The van der Waals surface area contributed by atoms with Gasteiger partial charge in [0.2, 0.25) is 0 Å². The summed E-state index contributed by atoms with van der Waals surface area (Å²) in [6.07, 6.45) is -0.380. The van der Waals surface area contributed by atoms with Crippen LogP contribution in [0.15, 0.2) is 0 Å². The second kappa shape index (κ2) is 6.98. The summed E-state index contributed by atoms with van der Waals surface area (Å²) in [5.41, 5.74) is 0. The average Bonchev–Trinajstić information content (AvgIpc) is 2.34. The Morgan fingerprint density at radius 1 is 0.947 bits per heavy atom. The molecule has 1 heterocycles. The van der Waals surface area contributed by atoms with Gasteiger partial charge < -0.3 is 14.5 Å². The summed E-state index contributed by atoms with van der Waals surface area (Å²) in [7, 11) is 0. The van der Waals surface area contributed by atoms with Gasteiger partial charge in [0.05, 0.1) is 0 Å². The fourth-order valence-electron chi connectivity index (χ4n) is 2.30. The molecular formula is C13H23ClN2O3. The van der Waals surface area contributed by atoms with Crippen LogP contribution in [-0.4, -0.2) is 53.5 Å². The van der Waals surface area contributed by atoms with Crippen molar-refractivity contribution in [3.8, 4) is 0 Å². The van der Waals surface area contributed by atoms with Crippen LogP contribution in [0.4, 0.5) is 9.59 Å². The second-order valence-corrected chi connectivity index (χ2v) is 5.89. The molecule has 19 heavy (non-hydrogen) atoms. The van der Waals surface area contributed by atoms with Gasteiger partial charge in [-0.3, -0.25) is 4.79 Å².